The highest BCUT2D eigenvalue weighted by Crippen LogP contribution is 2.34. The number of pyridine rings is 1. The molecule has 0 aliphatic rings. The monoisotopic (exact) mass is 279 g/mol. The van der Waals surface area contributed by atoms with E-state index in [2.05, 4.69) is 4.98 Å². The Morgan fingerprint density at radius 1 is 1.42 bits per heavy atom. The van der Waals surface area contributed by atoms with Crippen LogP contribution in [0.2, 0.25) is 5.02 Å². The number of ether oxygens (including phenoxy) is 1. The molecule has 0 atom stereocenters. The highest BCUT2D eigenvalue weighted by Gasteiger charge is 2.18. The molecule has 5 heteroatoms. The fourth-order valence-corrected chi connectivity index (χ4v) is 2.18. The van der Waals surface area contributed by atoms with E-state index < -0.39 is 5.97 Å². The number of hydrogen-bond donors (Lipinski definition) is 1. The lowest BCUT2D eigenvalue weighted by atomic mass is 10.0. The van der Waals surface area contributed by atoms with E-state index in [1.165, 1.54) is 7.11 Å². The molecule has 1 heterocycles. The third kappa shape index (κ3) is 2.36. The first-order valence-electron chi connectivity index (χ1n) is 5.86. The van der Waals surface area contributed by atoms with Crippen LogP contribution >= 0.6 is 11.6 Å². The SMILES string of the molecule is COc1ccc(Cl)c2c(C(=O)O)cc(C(C)C)nc12. The molecule has 0 aliphatic carbocycles. The maximum atomic E-state index is 11.4. The second-order valence-electron chi connectivity index (χ2n) is 4.53. The zero-order chi connectivity index (χ0) is 14.2. The van der Waals surface area contributed by atoms with Crippen LogP contribution in [0.4, 0.5) is 0 Å². The molecular weight excluding hydrogens is 266 g/mol. The first-order valence-corrected chi connectivity index (χ1v) is 6.24. The van der Waals surface area contributed by atoms with Gasteiger partial charge in [-0.25, -0.2) is 9.78 Å². The van der Waals surface area contributed by atoms with Gasteiger partial charge in [0, 0.05) is 11.1 Å². The zero-order valence-electron chi connectivity index (χ0n) is 10.9. The predicted molar refractivity (Wildman–Crippen MR) is 74.4 cm³/mol. The maximum absolute atomic E-state index is 11.4. The molecular formula is C14H14ClNO3. The number of fused-ring (bicyclic) bond motifs is 1. The van der Waals surface area contributed by atoms with Crippen LogP contribution in [0.3, 0.4) is 0 Å². The summed E-state index contributed by atoms with van der Waals surface area (Å²) in [7, 11) is 1.52. The van der Waals surface area contributed by atoms with E-state index in [-0.39, 0.29) is 11.5 Å². The minimum atomic E-state index is -1.02. The molecule has 2 rings (SSSR count). The Morgan fingerprint density at radius 3 is 2.63 bits per heavy atom. The molecule has 4 nitrogen and oxygen atoms in total. The van der Waals surface area contributed by atoms with Crippen molar-refractivity contribution in [3.8, 4) is 5.75 Å². The number of aromatic carboxylic acids is 1. The summed E-state index contributed by atoms with van der Waals surface area (Å²) in [6.45, 7) is 3.91. The first kappa shape index (κ1) is 13.6. The highest BCUT2D eigenvalue weighted by atomic mass is 35.5. The number of aromatic nitrogens is 1. The van der Waals surface area contributed by atoms with E-state index >= 15 is 0 Å². The van der Waals surface area contributed by atoms with Gasteiger partial charge in [0.15, 0.2) is 0 Å². The molecule has 1 aromatic carbocycles. The lowest BCUT2D eigenvalue weighted by molar-refractivity contribution is 0.0699. The van der Waals surface area contributed by atoms with Crippen LogP contribution in [0.25, 0.3) is 10.9 Å². The van der Waals surface area contributed by atoms with Crippen molar-refractivity contribution < 1.29 is 14.6 Å². The van der Waals surface area contributed by atoms with Gasteiger partial charge in [-0.1, -0.05) is 25.4 Å². The molecule has 1 N–H and O–H groups in total. The molecule has 19 heavy (non-hydrogen) atoms. The van der Waals surface area contributed by atoms with E-state index in [1.54, 1.807) is 18.2 Å². The standard InChI is InChI=1S/C14H14ClNO3/c1-7(2)10-6-8(14(17)18)12-9(15)4-5-11(19-3)13(12)16-10/h4-7H,1-3H3,(H,17,18). The second-order valence-corrected chi connectivity index (χ2v) is 4.93. The largest absolute Gasteiger partial charge is 0.494 e. The number of carboxylic acid groups (broad SMARTS) is 1. The second kappa shape index (κ2) is 5.05. The van der Waals surface area contributed by atoms with Gasteiger partial charge in [0.1, 0.15) is 11.3 Å². The van der Waals surface area contributed by atoms with Crippen LogP contribution < -0.4 is 4.74 Å². The molecule has 0 unspecified atom stereocenters. The van der Waals surface area contributed by atoms with Gasteiger partial charge in [-0.15, -0.1) is 0 Å². The van der Waals surface area contributed by atoms with Gasteiger partial charge in [0.2, 0.25) is 0 Å². The average molecular weight is 280 g/mol. The predicted octanol–water partition coefficient (Wildman–Crippen LogP) is 3.72. The smallest absolute Gasteiger partial charge is 0.336 e. The molecule has 0 saturated heterocycles. The first-order chi connectivity index (χ1) is 8.95. The van der Waals surface area contributed by atoms with Crippen LogP contribution in [0.5, 0.6) is 5.75 Å². The van der Waals surface area contributed by atoms with Gasteiger partial charge in [0.25, 0.3) is 0 Å². The van der Waals surface area contributed by atoms with E-state index in [1.807, 2.05) is 13.8 Å². The summed E-state index contributed by atoms with van der Waals surface area (Å²) in [6.07, 6.45) is 0. The summed E-state index contributed by atoms with van der Waals surface area (Å²) in [5, 5.41) is 10.1. The molecule has 0 saturated carbocycles. The quantitative estimate of drug-likeness (QED) is 0.930. The number of benzene rings is 1. The van der Waals surface area contributed by atoms with Gasteiger partial charge >= 0.3 is 5.97 Å². The van der Waals surface area contributed by atoms with Crippen LogP contribution in [0.1, 0.15) is 35.8 Å². The topological polar surface area (TPSA) is 59.4 Å². The summed E-state index contributed by atoms with van der Waals surface area (Å²) >= 11 is 6.11. The van der Waals surface area contributed by atoms with Gasteiger partial charge in [0.05, 0.1) is 17.7 Å². The normalized spacial score (nSPS) is 11.0. The van der Waals surface area contributed by atoms with Crippen molar-refractivity contribution in [2.75, 3.05) is 7.11 Å². The third-order valence-electron chi connectivity index (χ3n) is 2.93. The Kier molecular flexibility index (Phi) is 3.62. The molecule has 1 aromatic heterocycles. The van der Waals surface area contributed by atoms with Gasteiger partial charge in [-0.2, -0.15) is 0 Å². The zero-order valence-corrected chi connectivity index (χ0v) is 11.7. The van der Waals surface area contributed by atoms with Gasteiger partial charge in [-0.3, -0.25) is 0 Å². The Morgan fingerprint density at radius 2 is 2.11 bits per heavy atom. The highest BCUT2D eigenvalue weighted by molar-refractivity contribution is 6.36. The number of carboxylic acids is 1. The molecule has 0 amide bonds. The van der Waals surface area contributed by atoms with Gasteiger partial charge < -0.3 is 9.84 Å². The van der Waals surface area contributed by atoms with Crippen LogP contribution in [0, 0.1) is 0 Å². The number of carbonyl (C=O) groups is 1. The number of rotatable bonds is 3. The van der Waals surface area contributed by atoms with E-state index in [0.29, 0.717) is 27.4 Å². The average Bonchev–Trinajstić information content (AvgIpc) is 2.37. The lowest BCUT2D eigenvalue weighted by Gasteiger charge is -2.12. The third-order valence-corrected chi connectivity index (χ3v) is 3.25. The Balaban J connectivity index is 2.94. The minimum absolute atomic E-state index is 0.117. The summed E-state index contributed by atoms with van der Waals surface area (Å²) in [4.78, 5) is 15.9. The number of methoxy groups -OCH3 is 1. The van der Waals surface area contributed by atoms with Crippen molar-refractivity contribution in [1.82, 2.24) is 4.98 Å². The summed E-state index contributed by atoms with van der Waals surface area (Å²) in [6, 6.07) is 4.87. The Hall–Kier alpha value is -1.81. The molecule has 0 bridgehead atoms. The summed E-state index contributed by atoms with van der Waals surface area (Å²) in [5.41, 5.74) is 1.33. The summed E-state index contributed by atoms with van der Waals surface area (Å²) in [5.74, 6) is -0.389. The molecule has 0 fully saturated rings. The van der Waals surface area contributed by atoms with E-state index in [0.717, 1.165) is 0 Å². The fourth-order valence-electron chi connectivity index (χ4n) is 1.93. The van der Waals surface area contributed by atoms with Crippen molar-refractivity contribution >= 4 is 28.5 Å². The van der Waals surface area contributed by atoms with Crippen molar-refractivity contribution in [1.29, 1.82) is 0 Å². The summed E-state index contributed by atoms with van der Waals surface area (Å²) < 4.78 is 5.24. The van der Waals surface area contributed by atoms with Crippen molar-refractivity contribution in [3.05, 3.63) is 34.5 Å². The van der Waals surface area contributed by atoms with Gasteiger partial charge in [-0.05, 0) is 24.1 Å². The van der Waals surface area contributed by atoms with Crippen LogP contribution in [-0.2, 0) is 0 Å². The molecule has 100 valence electrons. The van der Waals surface area contributed by atoms with Crippen LogP contribution in [-0.4, -0.2) is 23.2 Å². The number of halogens is 1. The molecule has 0 radical (unpaired) electrons. The number of hydrogen-bond acceptors (Lipinski definition) is 3. The maximum Gasteiger partial charge on any atom is 0.336 e. The molecule has 0 aliphatic heterocycles. The fraction of sp³-hybridized carbons (Fsp3) is 0.286. The Labute approximate surface area is 116 Å². The van der Waals surface area contributed by atoms with E-state index in [4.69, 9.17) is 16.3 Å². The van der Waals surface area contributed by atoms with E-state index in [9.17, 15) is 9.90 Å². The molecule has 2 aromatic rings. The lowest BCUT2D eigenvalue weighted by Crippen LogP contribution is -2.04. The molecule has 0 spiro atoms. The number of nitrogens with zero attached hydrogens (tertiary/aromatic N) is 1. The van der Waals surface area contributed by atoms with Crippen LogP contribution in [0.15, 0.2) is 18.2 Å². The minimum Gasteiger partial charge on any atom is -0.494 e. The van der Waals surface area contributed by atoms with Crippen molar-refractivity contribution in [2.24, 2.45) is 0 Å². The van der Waals surface area contributed by atoms with Crippen molar-refractivity contribution in [2.45, 2.75) is 19.8 Å². The Bertz CT molecular complexity index is 653. The van der Waals surface area contributed by atoms with Crippen molar-refractivity contribution in [3.63, 3.8) is 0 Å².